The Morgan fingerprint density at radius 3 is 2.70 bits per heavy atom. The molecular formula is C21H27N3O2S. The Morgan fingerprint density at radius 2 is 2.00 bits per heavy atom. The number of nitrogens with zero attached hydrogens (tertiary/aromatic N) is 2. The minimum atomic E-state index is -0.293. The summed E-state index contributed by atoms with van der Waals surface area (Å²) in [5.74, 6) is 1.00. The van der Waals surface area contributed by atoms with E-state index in [9.17, 15) is 9.59 Å². The first kappa shape index (κ1) is 18.6. The summed E-state index contributed by atoms with van der Waals surface area (Å²) in [6, 6.07) is 7.86. The SMILES string of the molecule is CSc1ccccc1N1CC(C(=O)NC[C@H]2CN3CCC2CC3)C=CC1=O. The Balaban J connectivity index is 1.39. The molecule has 4 aliphatic rings. The standard InChI is InChI=1S/C21H27N3O2S/c1-27-19-5-3-2-4-18(19)24-14-16(6-7-20(24)25)21(26)22-12-17-13-23-10-8-15(17)9-11-23/h2-7,15-17H,8-14H2,1H3,(H,22,26)/t16?,17-/m0/s1. The molecule has 5 nitrogen and oxygen atoms in total. The zero-order valence-corrected chi connectivity index (χ0v) is 16.6. The van der Waals surface area contributed by atoms with Gasteiger partial charge in [-0.2, -0.15) is 0 Å². The van der Waals surface area contributed by atoms with Gasteiger partial charge in [-0.25, -0.2) is 0 Å². The second-order valence-electron chi connectivity index (χ2n) is 7.73. The Hall–Kier alpha value is -1.79. The number of carbonyl (C=O) groups is 2. The Kier molecular flexibility index (Phi) is 5.55. The first-order chi connectivity index (χ1) is 13.2. The number of hydrogen-bond acceptors (Lipinski definition) is 4. The fourth-order valence-corrected chi connectivity index (χ4v) is 5.16. The molecule has 27 heavy (non-hydrogen) atoms. The average molecular weight is 386 g/mol. The lowest BCUT2D eigenvalue weighted by Gasteiger charge is -2.45. The maximum Gasteiger partial charge on any atom is 0.250 e. The highest BCUT2D eigenvalue weighted by Crippen LogP contribution is 2.32. The summed E-state index contributed by atoms with van der Waals surface area (Å²) in [6.07, 6.45) is 7.82. The molecule has 2 amide bonds. The lowest BCUT2D eigenvalue weighted by molar-refractivity contribution is -0.124. The minimum absolute atomic E-state index is 0.0295. The van der Waals surface area contributed by atoms with Crippen molar-refractivity contribution in [2.75, 3.05) is 43.9 Å². The Labute approximate surface area is 165 Å². The van der Waals surface area contributed by atoms with Crippen molar-refractivity contribution in [2.24, 2.45) is 17.8 Å². The fraction of sp³-hybridized carbons (Fsp3) is 0.524. The van der Waals surface area contributed by atoms with Crippen LogP contribution in [-0.4, -0.2) is 55.7 Å². The van der Waals surface area contributed by atoms with Crippen molar-refractivity contribution in [3.63, 3.8) is 0 Å². The molecule has 2 bridgehead atoms. The van der Waals surface area contributed by atoms with Crippen LogP contribution in [0, 0.1) is 17.8 Å². The summed E-state index contributed by atoms with van der Waals surface area (Å²) in [4.78, 5) is 30.5. The molecule has 0 spiro atoms. The molecule has 3 fully saturated rings. The Bertz CT molecular complexity index is 743. The van der Waals surface area contributed by atoms with Crippen LogP contribution < -0.4 is 10.2 Å². The van der Waals surface area contributed by atoms with Gasteiger partial charge in [-0.05, 0) is 56.2 Å². The molecule has 0 saturated carbocycles. The molecule has 2 atom stereocenters. The number of carbonyl (C=O) groups excluding carboxylic acids is 2. The smallest absolute Gasteiger partial charge is 0.250 e. The lowest BCUT2D eigenvalue weighted by atomic mass is 9.79. The highest BCUT2D eigenvalue weighted by Gasteiger charge is 2.35. The first-order valence-corrected chi connectivity index (χ1v) is 11.0. The number of fused-ring (bicyclic) bond motifs is 3. The number of benzene rings is 1. The van der Waals surface area contributed by atoms with Crippen LogP contribution in [0.5, 0.6) is 0 Å². The van der Waals surface area contributed by atoms with Gasteiger partial charge in [0.25, 0.3) is 5.91 Å². The van der Waals surface area contributed by atoms with Crippen LogP contribution in [0.1, 0.15) is 12.8 Å². The van der Waals surface area contributed by atoms with Crippen molar-refractivity contribution in [2.45, 2.75) is 17.7 Å². The molecule has 144 valence electrons. The summed E-state index contributed by atoms with van der Waals surface area (Å²) in [5.41, 5.74) is 0.884. The van der Waals surface area contributed by atoms with Gasteiger partial charge in [0.05, 0.1) is 11.6 Å². The van der Waals surface area contributed by atoms with Gasteiger partial charge in [0.2, 0.25) is 5.91 Å². The van der Waals surface area contributed by atoms with Crippen molar-refractivity contribution in [1.29, 1.82) is 0 Å². The van der Waals surface area contributed by atoms with Crippen molar-refractivity contribution < 1.29 is 9.59 Å². The molecule has 0 aromatic heterocycles. The molecule has 5 rings (SSSR count). The van der Waals surface area contributed by atoms with Gasteiger partial charge < -0.3 is 15.1 Å². The highest BCUT2D eigenvalue weighted by atomic mass is 32.2. The molecule has 4 heterocycles. The number of amides is 2. The van der Waals surface area contributed by atoms with E-state index in [2.05, 4.69) is 10.2 Å². The second-order valence-corrected chi connectivity index (χ2v) is 8.58. The van der Waals surface area contributed by atoms with E-state index in [0.717, 1.165) is 29.6 Å². The molecule has 6 heteroatoms. The maximum absolute atomic E-state index is 12.8. The third kappa shape index (κ3) is 3.92. The van der Waals surface area contributed by atoms with Crippen LogP contribution in [0.15, 0.2) is 41.3 Å². The Morgan fingerprint density at radius 1 is 1.22 bits per heavy atom. The zero-order valence-electron chi connectivity index (χ0n) is 15.8. The topological polar surface area (TPSA) is 52.7 Å². The van der Waals surface area contributed by atoms with Gasteiger partial charge in [-0.3, -0.25) is 9.59 Å². The van der Waals surface area contributed by atoms with Crippen LogP contribution in [0.4, 0.5) is 5.69 Å². The fourth-order valence-electron chi connectivity index (χ4n) is 4.56. The summed E-state index contributed by atoms with van der Waals surface area (Å²) >= 11 is 1.61. The van der Waals surface area contributed by atoms with E-state index in [4.69, 9.17) is 0 Å². The van der Waals surface area contributed by atoms with Crippen LogP contribution in [0.2, 0.25) is 0 Å². The van der Waals surface area contributed by atoms with Crippen LogP contribution in [0.3, 0.4) is 0 Å². The summed E-state index contributed by atoms with van der Waals surface area (Å²) < 4.78 is 0. The van der Waals surface area contributed by atoms with Crippen molar-refractivity contribution in [1.82, 2.24) is 10.2 Å². The molecule has 0 aliphatic carbocycles. The summed E-state index contributed by atoms with van der Waals surface area (Å²) in [5, 5.41) is 3.16. The predicted octanol–water partition coefficient (Wildman–Crippen LogP) is 2.39. The molecule has 0 radical (unpaired) electrons. The largest absolute Gasteiger partial charge is 0.355 e. The number of nitrogens with one attached hydrogen (secondary N) is 1. The molecular weight excluding hydrogens is 358 g/mol. The van der Waals surface area contributed by atoms with E-state index >= 15 is 0 Å². The minimum Gasteiger partial charge on any atom is -0.355 e. The zero-order chi connectivity index (χ0) is 18.8. The average Bonchev–Trinajstić information content (AvgIpc) is 2.73. The first-order valence-electron chi connectivity index (χ1n) is 9.78. The van der Waals surface area contributed by atoms with E-state index in [0.29, 0.717) is 12.5 Å². The van der Waals surface area contributed by atoms with Crippen LogP contribution >= 0.6 is 11.8 Å². The van der Waals surface area contributed by atoms with Gasteiger partial charge >= 0.3 is 0 Å². The van der Waals surface area contributed by atoms with Crippen molar-refractivity contribution in [3.05, 3.63) is 36.4 Å². The summed E-state index contributed by atoms with van der Waals surface area (Å²) in [6.45, 7) is 4.69. The predicted molar refractivity (Wildman–Crippen MR) is 109 cm³/mol. The number of anilines is 1. The lowest BCUT2D eigenvalue weighted by Crippen LogP contribution is -2.52. The molecule has 1 unspecified atom stereocenters. The van der Waals surface area contributed by atoms with E-state index in [-0.39, 0.29) is 17.7 Å². The van der Waals surface area contributed by atoms with E-state index in [1.807, 2.05) is 30.5 Å². The van der Waals surface area contributed by atoms with Crippen LogP contribution in [0.25, 0.3) is 0 Å². The molecule has 3 saturated heterocycles. The van der Waals surface area contributed by atoms with Crippen LogP contribution in [-0.2, 0) is 9.59 Å². The third-order valence-electron chi connectivity index (χ3n) is 6.16. The van der Waals surface area contributed by atoms with Gasteiger partial charge in [0.1, 0.15) is 0 Å². The van der Waals surface area contributed by atoms with Gasteiger partial charge in [0, 0.05) is 30.6 Å². The normalized spacial score (nSPS) is 29.8. The molecule has 1 aromatic rings. The highest BCUT2D eigenvalue weighted by molar-refractivity contribution is 7.98. The molecule has 4 aliphatic heterocycles. The van der Waals surface area contributed by atoms with E-state index < -0.39 is 0 Å². The molecule has 1 aromatic carbocycles. The quantitative estimate of drug-likeness (QED) is 0.791. The number of piperidine rings is 3. The van der Waals surface area contributed by atoms with Gasteiger partial charge in [0.15, 0.2) is 0 Å². The number of hydrogen-bond donors (Lipinski definition) is 1. The number of rotatable bonds is 5. The van der Waals surface area contributed by atoms with Crippen molar-refractivity contribution >= 4 is 29.3 Å². The van der Waals surface area contributed by atoms with Gasteiger partial charge in [-0.1, -0.05) is 18.2 Å². The number of thioether (sulfide) groups is 1. The molecule has 1 N–H and O–H groups in total. The third-order valence-corrected chi connectivity index (χ3v) is 6.94. The monoisotopic (exact) mass is 385 g/mol. The van der Waals surface area contributed by atoms with E-state index in [1.54, 1.807) is 28.8 Å². The number of para-hydroxylation sites is 1. The van der Waals surface area contributed by atoms with E-state index in [1.165, 1.54) is 25.9 Å². The summed E-state index contributed by atoms with van der Waals surface area (Å²) in [7, 11) is 0. The maximum atomic E-state index is 12.8. The second kappa shape index (κ2) is 8.07. The van der Waals surface area contributed by atoms with Crippen molar-refractivity contribution in [3.8, 4) is 0 Å². The van der Waals surface area contributed by atoms with Gasteiger partial charge in [-0.15, -0.1) is 11.8 Å².